The minimum absolute atomic E-state index is 0.0740. The second kappa shape index (κ2) is 13.5. The molecule has 0 aliphatic heterocycles. The Hall–Kier alpha value is -4.00. The Labute approximate surface area is 201 Å². The molecule has 0 saturated heterocycles. The van der Waals surface area contributed by atoms with Crippen LogP contribution in [-0.2, 0) is 11.2 Å². The van der Waals surface area contributed by atoms with E-state index < -0.39 is 0 Å². The summed E-state index contributed by atoms with van der Waals surface area (Å²) in [6, 6.07) is 14.1. The molecule has 0 unspecified atom stereocenters. The molecule has 0 aliphatic carbocycles. The topological polar surface area (TPSA) is 106 Å². The number of pyridine rings is 1. The van der Waals surface area contributed by atoms with Crippen molar-refractivity contribution < 1.29 is 4.79 Å². The molecule has 0 fully saturated rings. The lowest BCUT2D eigenvalue weighted by molar-refractivity contribution is -0.116. The van der Waals surface area contributed by atoms with Gasteiger partial charge in [-0.15, -0.1) is 0 Å². The minimum Gasteiger partial charge on any atom is -0.368 e. The number of nitrogens with zero attached hydrogens (tertiary/aromatic N) is 3. The third-order valence-electron chi connectivity index (χ3n) is 5.17. The molecule has 4 N–H and O–H groups in total. The maximum atomic E-state index is 11.9. The van der Waals surface area contributed by atoms with Crippen LogP contribution in [0, 0.1) is 0 Å². The molecular formula is C27H32N6O. The third-order valence-corrected chi connectivity index (χ3v) is 5.17. The zero-order chi connectivity index (χ0) is 24.0. The Balaban J connectivity index is 1.38. The number of benzene rings is 1. The molecule has 3 rings (SSSR count). The van der Waals surface area contributed by atoms with Gasteiger partial charge in [0.2, 0.25) is 11.9 Å². The first kappa shape index (κ1) is 24.6. The van der Waals surface area contributed by atoms with Crippen LogP contribution >= 0.6 is 0 Å². The largest absolute Gasteiger partial charge is 0.368 e. The van der Waals surface area contributed by atoms with Crippen LogP contribution in [0.2, 0.25) is 0 Å². The molecule has 3 aromatic rings. The van der Waals surface area contributed by atoms with Gasteiger partial charge in [-0.1, -0.05) is 43.2 Å². The second-order valence-electron chi connectivity index (χ2n) is 7.92. The number of unbranched alkanes of at least 4 members (excludes halogenated alkanes) is 3. The number of allylic oxidation sites excluding steroid dienone is 1. The van der Waals surface area contributed by atoms with Crippen molar-refractivity contribution in [2.24, 2.45) is 0 Å². The summed E-state index contributed by atoms with van der Waals surface area (Å²) in [5.41, 5.74) is 9.90. The molecule has 34 heavy (non-hydrogen) atoms. The van der Waals surface area contributed by atoms with Crippen LogP contribution in [0.25, 0.3) is 17.3 Å². The van der Waals surface area contributed by atoms with Crippen LogP contribution in [0.5, 0.6) is 0 Å². The lowest BCUT2D eigenvalue weighted by Crippen LogP contribution is -2.21. The first-order valence-corrected chi connectivity index (χ1v) is 11.6. The van der Waals surface area contributed by atoms with Crippen molar-refractivity contribution in [2.45, 2.75) is 39.0 Å². The molecule has 2 heterocycles. The number of anilines is 2. The molecule has 0 spiro atoms. The Morgan fingerprint density at radius 3 is 2.76 bits per heavy atom. The van der Waals surface area contributed by atoms with Crippen LogP contribution in [0.1, 0.15) is 43.7 Å². The van der Waals surface area contributed by atoms with E-state index in [1.165, 1.54) is 5.56 Å². The van der Waals surface area contributed by atoms with E-state index >= 15 is 0 Å². The van der Waals surface area contributed by atoms with Crippen molar-refractivity contribution in [2.75, 3.05) is 17.6 Å². The molecule has 0 bridgehead atoms. The van der Waals surface area contributed by atoms with Crippen molar-refractivity contribution in [1.82, 2.24) is 20.3 Å². The van der Waals surface area contributed by atoms with E-state index in [0.717, 1.165) is 48.9 Å². The maximum Gasteiger partial charge on any atom is 0.243 e. The molecule has 2 aromatic heterocycles. The highest BCUT2D eigenvalue weighted by Crippen LogP contribution is 2.22. The quantitative estimate of drug-likeness (QED) is 0.262. The lowest BCUT2D eigenvalue weighted by atomic mass is 10.0. The Kier molecular flexibility index (Phi) is 9.80. The molecule has 0 saturated carbocycles. The summed E-state index contributed by atoms with van der Waals surface area (Å²) in [7, 11) is 0. The molecule has 0 aliphatic rings. The number of nitrogen functional groups attached to an aromatic ring is 1. The zero-order valence-electron chi connectivity index (χ0n) is 19.6. The van der Waals surface area contributed by atoms with Gasteiger partial charge in [0.1, 0.15) is 5.82 Å². The molecule has 0 radical (unpaired) electrons. The van der Waals surface area contributed by atoms with Gasteiger partial charge in [0.25, 0.3) is 0 Å². The number of aromatic nitrogens is 3. The lowest BCUT2D eigenvalue weighted by Gasteiger charge is -2.08. The average Bonchev–Trinajstić information content (AvgIpc) is 2.86. The number of hydrogen-bond acceptors (Lipinski definition) is 6. The van der Waals surface area contributed by atoms with E-state index in [4.69, 9.17) is 5.73 Å². The highest BCUT2D eigenvalue weighted by Gasteiger charge is 2.06. The first-order valence-electron chi connectivity index (χ1n) is 11.6. The Morgan fingerprint density at radius 2 is 1.94 bits per heavy atom. The molecule has 1 amide bonds. The van der Waals surface area contributed by atoms with Gasteiger partial charge < -0.3 is 16.4 Å². The predicted molar refractivity (Wildman–Crippen MR) is 139 cm³/mol. The van der Waals surface area contributed by atoms with E-state index in [9.17, 15) is 4.79 Å². The third kappa shape index (κ3) is 8.50. The number of hydrogen-bond donors (Lipinski definition) is 3. The normalized spacial score (nSPS) is 11.2. The first-order chi connectivity index (χ1) is 16.6. The fourth-order valence-electron chi connectivity index (χ4n) is 3.47. The number of carbonyl (C=O) groups excluding carboxylic acids is 1. The van der Waals surface area contributed by atoms with Gasteiger partial charge in [0.15, 0.2) is 0 Å². The van der Waals surface area contributed by atoms with E-state index in [2.05, 4.69) is 43.8 Å². The molecule has 0 atom stereocenters. The van der Waals surface area contributed by atoms with Crippen LogP contribution in [-0.4, -0.2) is 27.4 Å². The van der Waals surface area contributed by atoms with Crippen molar-refractivity contribution >= 4 is 23.7 Å². The molecular weight excluding hydrogens is 424 g/mol. The number of rotatable bonds is 12. The smallest absolute Gasteiger partial charge is 0.243 e. The van der Waals surface area contributed by atoms with Gasteiger partial charge in [0, 0.05) is 36.6 Å². The van der Waals surface area contributed by atoms with Gasteiger partial charge in [-0.05, 0) is 61.7 Å². The Bertz CT molecular complexity index is 1110. The number of carbonyl (C=O) groups is 1. The number of nitrogens with one attached hydrogen (secondary N) is 2. The summed E-state index contributed by atoms with van der Waals surface area (Å²) in [6.45, 7) is 2.62. The van der Waals surface area contributed by atoms with Crippen molar-refractivity contribution in [3.8, 4) is 11.3 Å². The van der Waals surface area contributed by atoms with Crippen molar-refractivity contribution in [3.63, 3.8) is 0 Å². The minimum atomic E-state index is -0.0740. The van der Waals surface area contributed by atoms with E-state index in [-0.39, 0.29) is 11.9 Å². The number of aryl methyl sites for hydroxylation is 1. The summed E-state index contributed by atoms with van der Waals surface area (Å²) in [5.74, 6) is 0.843. The predicted octanol–water partition coefficient (Wildman–Crippen LogP) is 5.00. The summed E-state index contributed by atoms with van der Waals surface area (Å²) in [4.78, 5) is 24.5. The van der Waals surface area contributed by atoms with Gasteiger partial charge >= 0.3 is 0 Å². The monoisotopic (exact) mass is 456 g/mol. The molecule has 1 aromatic carbocycles. The van der Waals surface area contributed by atoms with Gasteiger partial charge in [0.05, 0.1) is 5.69 Å². The highest BCUT2D eigenvalue weighted by atomic mass is 16.1. The summed E-state index contributed by atoms with van der Waals surface area (Å²) in [5, 5.41) is 6.03. The van der Waals surface area contributed by atoms with E-state index in [1.54, 1.807) is 24.5 Å². The molecule has 176 valence electrons. The van der Waals surface area contributed by atoms with E-state index in [1.807, 2.05) is 43.5 Å². The standard InChI is InChI=1S/C27H32N6O/c1-2-15-30-25-19-24(32-27(28)33-25)23-12-7-10-21(18-23)9-5-3-4-6-17-31-26(34)14-13-22-11-8-16-29-20-22/h2,7-8,10-16,18-20H,3-6,9,17H2,1H3,(H,31,34)(H3,28,30,32,33)/b14-13+,15-2?. The summed E-state index contributed by atoms with van der Waals surface area (Å²) < 4.78 is 0. The highest BCUT2D eigenvalue weighted by molar-refractivity contribution is 5.91. The summed E-state index contributed by atoms with van der Waals surface area (Å²) in [6.07, 6.45) is 15.7. The van der Waals surface area contributed by atoms with Crippen molar-refractivity contribution in [1.29, 1.82) is 0 Å². The van der Waals surface area contributed by atoms with Crippen LogP contribution in [0.3, 0.4) is 0 Å². The maximum absolute atomic E-state index is 11.9. The average molecular weight is 457 g/mol. The van der Waals surface area contributed by atoms with Gasteiger partial charge in [-0.3, -0.25) is 9.78 Å². The SMILES string of the molecule is CC=CNc1cc(-c2cccc(CCCCCCNC(=O)/C=C/c3cccnc3)c2)nc(N)n1. The van der Waals surface area contributed by atoms with Crippen molar-refractivity contribution in [3.05, 3.63) is 84.3 Å². The van der Waals surface area contributed by atoms with E-state index in [0.29, 0.717) is 12.4 Å². The Morgan fingerprint density at radius 1 is 1.06 bits per heavy atom. The fraction of sp³-hybridized carbons (Fsp3) is 0.259. The summed E-state index contributed by atoms with van der Waals surface area (Å²) >= 11 is 0. The van der Waals surface area contributed by atoms with Gasteiger partial charge in [-0.25, -0.2) is 4.98 Å². The van der Waals surface area contributed by atoms with Gasteiger partial charge in [-0.2, -0.15) is 4.98 Å². The van der Waals surface area contributed by atoms with Crippen LogP contribution < -0.4 is 16.4 Å². The van der Waals surface area contributed by atoms with Crippen LogP contribution in [0.4, 0.5) is 11.8 Å². The second-order valence-corrected chi connectivity index (χ2v) is 7.92. The fourth-order valence-corrected chi connectivity index (χ4v) is 3.47. The number of amides is 1. The van der Waals surface area contributed by atoms with Crippen LogP contribution in [0.15, 0.2) is 73.2 Å². The molecule has 7 heteroatoms. The number of nitrogens with two attached hydrogens (primary N) is 1. The molecule has 7 nitrogen and oxygen atoms in total. The zero-order valence-corrected chi connectivity index (χ0v) is 19.6.